The Morgan fingerprint density at radius 3 is 2.50 bits per heavy atom. The summed E-state index contributed by atoms with van der Waals surface area (Å²) in [5, 5.41) is 1.86. The van der Waals surface area contributed by atoms with Crippen molar-refractivity contribution in [3.8, 4) is 5.75 Å². The molecule has 1 atom stereocenters. The highest BCUT2D eigenvalue weighted by Gasteiger charge is 2.26. The minimum absolute atomic E-state index is 0.0260. The third-order valence-corrected chi connectivity index (χ3v) is 6.59. The van der Waals surface area contributed by atoms with Gasteiger partial charge in [0.15, 0.2) is 0 Å². The van der Waals surface area contributed by atoms with Crippen molar-refractivity contribution in [2.45, 2.75) is 10.9 Å². The highest BCUT2D eigenvalue weighted by molar-refractivity contribution is 9.10. The van der Waals surface area contributed by atoms with Crippen molar-refractivity contribution in [2.75, 3.05) is 7.11 Å². The molecule has 1 N–H and O–H groups in total. The molecule has 0 fully saturated rings. The van der Waals surface area contributed by atoms with Crippen LogP contribution in [0.1, 0.15) is 16.5 Å². The zero-order valence-electron chi connectivity index (χ0n) is 13.6. The Kier molecular flexibility index (Phi) is 5.76. The lowest BCUT2D eigenvalue weighted by Crippen LogP contribution is -2.29. The molecular weight excluding hydrogens is 441 g/mol. The first-order valence-electron chi connectivity index (χ1n) is 7.55. The summed E-state index contributed by atoms with van der Waals surface area (Å²) in [5.74, 6) is -0.139. The zero-order chi connectivity index (χ0) is 18.7. The molecule has 0 spiro atoms. The van der Waals surface area contributed by atoms with E-state index in [1.807, 2.05) is 17.5 Å². The molecule has 1 aromatic heterocycles. The maximum atomic E-state index is 13.3. The van der Waals surface area contributed by atoms with Gasteiger partial charge < -0.3 is 4.74 Å². The molecule has 2 aromatic carbocycles. The van der Waals surface area contributed by atoms with Crippen LogP contribution >= 0.6 is 27.3 Å². The molecule has 0 amide bonds. The van der Waals surface area contributed by atoms with Crippen LogP contribution in [0, 0.1) is 5.82 Å². The van der Waals surface area contributed by atoms with Gasteiger partial charge in [0.1, 0.15) is 16.5 Å². The SMILES string of the molecule is COc1ccc(Br)cc1S(=O)(=O)N[C@@H](c1ccc(F)cc1)c1cccs1. The molecule has 8 heteroatoms. The van der Waals surface area contributed by atoms with Crippen LogP contribution in [-0.2, 0) is 10.0 Å². The van der Waals surface area contributed by atoms with Crippen LogP contribution in [0.4, 0.5) is 4.39 Å². The molecule has 1 heterocycles. The van der Waals surface area contributed by atoms with Gasteiger partial charge in [0.2, 0.25) is 10.0 Å². The summed E-state index contributed by atoms with van der Waals surface area (Å²) in [7, 11) is -2.49. The summed E-state index contributed by atoms with van der Waals surface area (Å²) in [4.78, 5) is 0.826. The number of halogens is 2. The Bertz CT molecular complexity index is 990. The second kappa shape index (κ2) is 7.87. The summed E-state index contributed by atoms with van der Waals surface area (Å²) >= 11 is 4.71. The van der Waals surface area contributed by atoms with Crippen molar-refractivity contribution < 1.29 is 17.5 Å². The largest absolute Gasteiger partial charge is 0.495 e. The molecule has 0 saturated heterocycles. The first kappa shape index (κ1) is 19.0. The van der Waals surface area contributed by atoms with E-state index in [1.54, 1.807) is 24.3 Å². The Hall–Kier alpha value is -1.74. The number of benzene rings is 2. The Morgan fingerprint density at radius 2 is 1.88 bits per heavy atom. The van der Waals surface area contributed by atoms with E-state index in [2.05, 4.69) is 20.7 Å². The highest BCUT2D eigenvalue weighted by Crippen LogP contribution is 2.32. The van der Waals surface area contributed by atoms with Crippen LogP contribution in [0.5, 0.6) is 5.75 Å². The lowest BCUT2D eigenvalue weighted by Gasteiger charge is -2.19. The molecule has 136 valence electrons. The fourth-order valence-electron chi connectivity index (χ4n) is 2.48. The van der Waals surface area contributed by atoms with Gasteiger partial charge in [0, 0.05) is 9.35 Å². The van der Waals surface area contributed by atoms with Crippen LogP contribution in [0.2, 0.25) is 0 Å². The van der Waals surface area contributed by atoms with Gasteiger partial charge in [0.05, 0.1) is 13.2 Å². The van der Waals surface area contributed by atoms with Crippen molar-refractivity contribution in [3.63, 3.8) is 0 Å². The number of nitrogens with one attached hydrogen (secondary N) is 1. The van der Waals surface area contributed by atoms with Gasteiger partial charge in [-0.2, -0.15) is 4.72 Å². The summed E-state index contributed by atoms with van der Waals surface area (Å²) in [6, 6.07) is 13.6. The lowest BCUT2D eigenvalue weighted by atomic mass is 10.1. The Balaban J connectivity index is 2.04. The minimum Gasteiger partial charge on any atom is -0.495 e. The van der Waals surface area contributed by atoms with Crippen LogP contribution in [0.15, 0.2) is 69.3 Å². The number of thiophene rings is 1. The first-order chi connectivity index (χ1) is 12.4. The summed E-state index contributed by atoms with van der Waals surface area (Å²) in [6.45, 7) is 0. The van der Waals surface area contributed by atoms with E-state index in [1.165, 1.54) is 36.6 Å². The molecule has 4 nitrogen and oxygen atoms in total. The quantitative estimate of drug-likeness (QED) is 0.584. The molecule has 3 aromatic rings. The normalized spacial score (nSPS) is 12.7. The molecule has 0 bridgehead atoms. The molecule has 26 heavy (non-hydrogen) atoms. The van der Waals surface area contributed by atoms with Crippen LogP contribution < -0.4 is 9.46 Å². The van der Waals surface area contributed by atoms with Crippen LogP contribution in [0.25, 0.3) is 0 Å². The number of rotatable bonds is 6. The van der Waals surface area contributed by atoms with Crippen LogP contribution in [-0.4, -0.2) is 15.5 Å². The third kappa shape index (κ3) is 4.15. The number of sulfonamides is 1. The fourth-order valence-corrected chi connectivity index (χ4v) is 5.27. The number of methoxy groups -OCH3 is 1. The predicted octanol–water partition coefficient (Wildman–Crippen LogP) is 4.73. The van der Waals surface area contributed by atoms with E-state index in [4.69, 9.17) is 4.74 Å². The van der Waals surface area contributed by atoms with E-state index in [-0.39, 0.29) is 16.5 Å². The lowest BCUT2D eigenvalue weighted by molar-refractivity contribution is 0.402. The predicted molar refractivity (Wildman–Crippen MR) is 104 cm³/mol. The smallest absolute Gasteiger partial charge is 0.245 e. The van der Waals surface area contributed by atoms with E-state index < -0.39 is 16.1 Å². The number of hydrogen-bond acceptors (Lipinski definition) is 4. The van der Waals surface area contributed by atoms with Gasteiger partial charge in [0.25, 0.3) is 0 Å². The summed E-state index contributed by atoms with van der Waals surface area (Å²) in [6.07, 6.45) is 0. The van der Waals surface area contributed by atoms with E-state index >= 15 is 0 Å². The van der Waals surface area contributed by atoms with E-state index in [0.29, 0.717) is 10.0 Å². The Labute approximate surface area is 163 Å². The maximum Gasteiger partial charge on any atom is 0.245 e. The molecule has 0 aliphatic carbocycles. The Morgan fingerprint density at radius 1 is 1.15 bits per heavy atom. The second-order valence-electron chi connectivity index (χ2n) is 5.42. The molecule has 0 radical (unpaired) electrons. The monoisotopic (exact) mass is 455 g/mol. The van der Waals surface area contributed by atoms with Gasteiger partial charge in [-0.25, -0.2) is 12.8 Å². The van der Waals surface area contributed by atoms with Crippen molar-refractivity contribution in [1.29, 1.82) is 0 Å². The van der Waals surface area contributed by atoms with Crippen molar-refractivity contribution in [3.05, 3.63) is 80.7 Å². The van der Waals surface area contributed by atoms with E-state index in [9.17, 15) is 12.8 Å². The van der Waals surface area contributed by atoms with E-state index in [0.717, 1.165) is 4.88 Å². The molecule has 0 aliphatic heterocycles. The average molecular weight is 456 g/mol. The van der Waals surface area contributed by atoms with Crippen molar-refractivity contribution in [2.24, 2.45) is 0 Å². The maximum absolute atomic E-state index is 13.3. The molecule has 3 rings (SSSR count). The van der Waals surface area contributed by atoms with Gasteiger partial charge in [-0.15, -0.1) is 11.3 Å². The minimum atomic E-state index is -3.90. The zero-order valence-corrected chi connectivity index (χ0v) is 16.9. The van der Waals surface area contributed by atoms with Gasteiger partial charge in [-0.05, 0) is 47.3 Å². The summed E-state index contributed by atoms with van der Waals surface area (Å²) < 4.78 is 47.9. The molecule has 0 unspecified atom stereocenters. The third-order valence-electron chi connectivity index (χ3n) is 3.72. The highest BCUT2D eigenvalue weighted by atomic mass is 79.9. The number of hydrogen-bond donors (Lipinski definition) is 1. The van der Waals surface area contributed by atoms with Crippen molar-refractivity contribution in [1.82, 2.24) is 4.72 Å². The van der Waals surface area contributed by atoms with Gasteiger partial charge in [-0.1, -0.05) is 34.1 Å². The van der Waals surface area contributed by atoms with Gasteiger partial charge >= 0.3 is 0 Å². The second-order valence-corrected chi connectivity index (χ2v) is 8.99. The number of ether oxygens (including phenoxy) is 1. The summed E-state index contributed by atoms with van der Waals surface area (Å²) in [5.41, 5.74) is 0.645. The molecule has 0 aliphatic rings. The average Bonchev–Trinajstić information content (AvgIpc) is 3.15. The standard InChI is InChI=1S/C18H15BrFNO3S2/c1-24-15-9-6-13(19)11-17(15)26(22,23)21-18(16-3-2-10-25-16)12-4-7-14(20)8-5-12/h2-11,18,21H,1H3/t18-/m0/s1. The van der Waals surface area contributed by atoms with Crippen molar-refractivity contribution >= 4 is 37.3 Å². The van der Waals surface area contributed by atoms with Gasteiger partial charge in [-0.3, -0.25) is 0 Å². The molecular formula is C18H15BrFNO3S2. The fraction of sp³-hybridized carbons (Fsp3) is 0.111. The molecule has 0 saturated carbocycles. The van der Waals surface area contributed by atoms with Crippen LogP contribution in [0.3, 0.4) is 0 Å². The topological polar surface area (TPSA) is 55.4 Å². The first-order valence-corrected chi connectivity index (χ1v) is 10.7.